The molecule has 0 amide bonds. The van der Waals surface area contributed by atoms with Crippen LogP contribution in [0.4, 0.5) is 0 Å². The zero-order valence-electron chi connectivity index (χ0n) is 12.6. The number of carbonyl (C=O) groups is 1. The summed E-state index contributed by atoms with van der Waals surface area (Å²) in [6.45, 7) is 7.92. The normalized spacial score (nSPS) is 20.4. The second kappa shape index (κ2) is 5.95. The van der Waals surface area contributed by atoms with Crippen LogP contribution < -0.4 is 0 Å². The molecule has 1 aromatic rings. The summed E-state index contributed by atoms with van der Waals surface area (Å²) in [5.74, 6) is 0.123. The van der Waals surface area contributed by atoms with Crippen LogP contribution in [0.5, 0.6) is 0 Å². The SMILES string of the molecule is Cc1cc(C2CCCN2CCC(C)(C)CC(=O)O)no1. The molecule has 112 valence electrons. The first kappa shape index (κ1) is 15.0. The number of likely N-dealkylation sites (tertiary alicyclic amines) is 1. The van der Waals surface area contributed by atoms with Crippen molar-refractivity contribution in [3.63, 3.8) is 0 Å². The molecule has 5 heteroatoms. The predicted octanol–water partition coefficient (Wildman–Crippen LogP) is 3.01. The minimum Gasteiger partial charge on any atom is -0.481 e. The van der Waals surface area contributed by atoms with Crippen LogP contribution in [0.2, 0.25) is 0 Å². The molecule has 1 aliphatic heterocycles. The zero-order chi connectivity index (χ0) is 14.8. The maximum absolute atomic E-state index is 10.9. The molecule has 2 heterocycles. The standard InChI is InChI=1S/C15H24N2O3/c1-11-9-12(16-20-11)13-5-4-7-17(13)8-6-15(2,3)10-14(18)19/h9,13H,4-8,10H2,1-3H3,(H,18,19). The van der Waals surface area contributed by atoms with Gasteiger partial charge in [-0.15, -0.1) is 0 Å². The second-order valence-corrected chi connectivity index (χ2v) is 6.54. The maximum Gasteiger partial charge on any atom is 0.303 e. The minimum absolute atomic E-state index is 0.168. The van der Waals surface area contributed by atoms with Gasteiger partial charge in [-0.25, -0.2) is 0 Å². The van der Waals surface area contributed by atoms with E-state index in [0.717, 1.165) is 43.8 Å². The number of rotatable bonds is 6. The summed E-state index contributed by atoms with van der Waals surface area (Å²) in [6.07, 6.45) is 3.36. The van der Waals surface area contributed by atoms with Gasteiger partial charge in [0, 0.05) is 6.07 Å². The average molecular weight is 280 g/mol. The number of aromatic nitrogens is 1. The molecule has 1 saturated heterocycles. The van der Waals surface area contributed by atoms with Crippen molar-refractivity contribution in [3.8, 4) is 0 Å². The Hall–Kier alpha value is -1.36. The van der Waals surface area contributed by atoms with Gasteiger partial charge in [-0.1, -0.05) is 19.0 Å². The van der Waals surface area contributed by atoms with Crippen LogP contribution in [0.3, 0.4) is 0 Å². The minimum atomic E-state index is -0.722. The summed E-state index contributed by atoms with van der Waals surface area (Å²) in [6, 6.07) is 2.33. The van der Waals surface area contributed by atoms with Crippen molar-refractivity contribution in [1.82, 2.24) is 10.1 Å². The Morgan fingerprint density at radius 2 is 2.35 bits per heavy atom. The fourth-order valence-electron chi connectivity index (χ4n) is 2.92. The molecule has 0 radical (unpaired) electrons. The summed E-state index contributed by atoms with van der Waals surface area (Å²) < 4.78 is 5.17. The predicted molar refractivity (Wildman–Crippen MR) is 75.4 cm³/mol. The van der Waals surface area contributed by atoms with Crippen LogP contribution in [-0.2, 0) is 4.79 Å². The summed E-state index contributed by atoms with van der Waals surface area (Å²) in [5, 5.41) is 13.1. The van der Waals surface area contributed by atoms with E-state index in [4.69, 9.17) is 9.63 Å². The fourth-order valence-corrected chi connectivity index (χ4v) is 2.92. The molecule has 1 unspecified atom stereocenters. The number of hydrogen-bond donors (Lipinski definition) is 1. The first-order chi connectivity index (χ1) is 9.37. The summed E-state index contributed by atoms with van der Waals surface area (Å²) in [4.78, 5) is 13.3. The molecule has 0 saturated carbocycles. The van der Waals surface area contributed by atoms with Crippen LogP contribution in [-0.4, -0.2) is 34.2 Å². The molecular formula is C15H24N2O3. The smallest absolute Gasteiger partial charge is 0.303 e. The molecule has 0 aromatic carbocycles. The van der Waals surface area contributed by atoms with Gasteiger partial charge in [0.15, 0.2) is 0 Å². The van der Waals surface area contributed by atoms with Gasteiger partial charge in [0.05, 0.1) is 12.5 Å². The lowest BCUT2D eigenvalue weighted by atomic mass is 9.85. The van der Waals surface area contributed by atoms with Crippen molar-refractivity contribution in [1.29, 1.82) is 0 Å². The van der Waals surface area contributed by atoms with Gasteiger partial charge in [0.25, 0.3) is 0 Å². The lowest BCUT2D eigenvalue weighted by Gasteiger charge is -2.28. The molecule has 0 bridgehead atoms. The quantitative estimate of drug-likeness (QED) is 0.867. The van der Waals surface area contributed by atoms with Crippen LogP contribution in [0, 0.1) is 12.3 Å². The Kier molecular flexibility index (Phi) is 4.48. The molecule has 1 fully saturated rings. The van der Waals surface area contributed by atoms with Gasteiger partial charge < -0.3 is 9.63 Å². The first-order valence-electron chi connectivity index (χ1n) is 7.26. The Bertz CT molecular complexity index is 467. The van der Waals surface area contributed by atoms with E-state index in [9.17, 15) is 4.79 Å². The number of hydrogen-bond acceptors (Lipinski definition) is 4. The van der Waals surface area contributed by atoms with Crippen molar-refractivity contribution in [2.45, 2.75) is 52.5 Å². The summed E-state index contributed by atoms with van der Waals surface area (Å²) in [7, 11) is 0. The molecule has 1 N–H and O–H groups in total. The Labute approximate surface area is 119 Å². The number of nitrogens with zero attached hydrogens (tertiary/aromatic N) is 2. The third kappa shape index (κ3) is 3.82. The Morgan fingerprint density at radius 3 is 2.95 bits per heavy atom. The molecule has 1 aromatic heterocycles. The van der Waals surface area contributed by atoms with Gasteiger partial charge in [0.1, 0.15) is 11.5 Å². The van der Waals surface area contributed by atoms with E-state index in [1.165, 1.54) is 0 Å². The van der Waals surface area contributed by atoms with Crippen molar-refractivity contribution in [3.05, 3.63) is 17.5 Å². The highest BCUT2D eigenvalue weighted by Crippen LogP contribution is 2.34. The van der Waals surface area contributed by atoms with E-state index >= 15 is 0 Å². The lowest BCUT2D eigenvalue weighted by Crippen LogP contribution is -2.29. The topological polar surface area (TPSA) is 66.6 Å². The molecule has 2 rings (SSSR count). The first-order valence-corrected chi connectivity index (χ1v) is 7.26. The summed E-state index contributed by atoms with van der Waals surface area (Å²) >= 11 is 0. The van der Waals surface area contributed by atoms with Crippen molar-refractivity contribution in [2.24, 2.45) is 5.41 Å². The largest absolute Gasteiger partial charge is 0.481 e. The highest BCUT2D eigenvalue weighted by atomic mass is 16.5. The lowest BCUT2D eigenvalue weighted by molar-refractivity contribution is -0.139. The van der Waals surface area contributed by atoms with E-state index in [0.29, 0.717) is 6.04 Å². The highest BCUT2D eigenvalue weighted by Gasteiger charge is 2.30. The van der Waals surface area contributed by atoms with E-state index in [2.05, 4.69) is 10.1 Å². The number of aryl methyl sites for hydroxylation is 1. The van der Waals surface area contributed by atoms with Crippen molar-refractivity contribution in [2.75, 3.05) is 13.1 Å². The van der Waals surface area contributed by atoms with Gasteiger partial charge in [-0.05, 0) is 44.7 Å². The van der Waals surface area contributed by atoms with Crippen LogP contribution in [0.15, 0.2) is 10.6 Å². The van der Waals surface area contributed by atoms with Crippen molar-refractivity contribution >= 4 is 5.97 Å². The van der Waals surface area contributed by atoms with E-state index in [1.807, 2.05) is 26.8 Å². The van der Waals surface area contributed by atoms with Gasteiger partial charge in [-0.2, -0.15) is 0 Å². The molecule has 1 aliphatic rings. The summed E-state index contributed by atoms with van der Waals surface area (Å²) in [5.41, 5.74) is 0.842. The van der Waals surface area contributed by atoms with Crippen LogP contribution >= 0.6 is 0 Å². The Morgan fingerprint density at radius 1 is 1.60 bits per heavy atom. The average Bonchev–Trinajstić information content (AvgIpc) is 2.92. The second-order valence-electron chi connectivity index (χ2n) is 6.54. The molecule has 5 nitrogen and oxygen atoms in total. The van der Waals surface area contributed by atoms with Crippen LogP contribution in [0.25, 0.3) is 0 Å². The van der Waals surface area contributed by atoms with E-state index in [1.54, 1.807) is 0 Å². The van der Waals surface area contributed by atoms with E-state index < -0.39 is 5.97 Å². The van der Waals surface area contributed by atoms with Gasteiger partial charge >= 0.3 is 5.97 Å². The van der Waals surface area contributed by atoms with Gasteiger partial charge in [-0.3, -0.25) is 9.69 Å². The maximum atomic E-state index is 10.9. The van der Waals surface area contributed by atoms with Gasteiger partial charge in [0.2, 0.25) is 0 Å². The zero-order valence-corrected chi connectivity index (χ0v) is 12.6. The van der Waals surface area contributed by atoms with E-state index in [-0.39, 0.29) is 11.8 Å². The monoisotopic (exact) mass is 280 g/mol. The molecule has 20 heavy (non-hydrogen) atoms. The third-order valence-corrected chi connectivity index (χ3v) is 4.06. The number of carboxylic acids is 1. The molecular weight excluding hydrogens is 256 g/mol. The molecule has 0 spiro atoms. The molecule has 0 aliphatic carbocycles. The Balaban J connectivity index is 1.93. The highest BCUT2D eigenvalue weighted by molar-refractivity contribution is 5.67. The third-order valence-electron chi connectivity index (χ3n) is 4.06. The fraction of sp³-hybridized carbons (Fsp3) is 0.733. The van der Waals surface area contributed by atoms with Crippen LogP contribution in [0.1, 0.15) is 57.0 Å². The number of aliphatic carboxylic acids is 1. The van der Waals surface area contributed by atoms with Crippen molar-refractivity contribution < 1.29 is 14.4 Å². The number of carboxylic acid groups (broad SMARTS) is 1. The molecule has 1 atom stereocenters.